The molecule has 0 aliphatic carbocycles. The molecule has 13 heteroatoms. The topological polar surface area (TPSA) is 150 Å². The smallest absolute Gasteiger partial charge is 0.850 e. The van der Waals surface area contributed by atoms with E-state index in [4.69, 9.17) is 47.7 Å². The van der Waals surface area contributed by atoms with Gasteiger partial charge in [-0.1, -0.05) is 48.5 Å². The van der Waals surface area contributed by atoms with E-state index in [1.165, 1.54) is 0 Å². The van der Waals surface area contributed by atoms with Gasteiger partial charge in [-0.25, -0.2) is 0 Å². The van der Waals surface area contributed by atoms with Gasteiger partial charge in [0.05, 0.1) is 39.6 Å². The monoisotopic (exact) mass is 726 g/mol. The summed E-state index contributed by atoms with van der Waals surface area (Å²) in [6.07, 6.45) is 0.512. The fraction of sp³-hybridized carbons (Fsp3) is 1.00. The minimum absolute atomic E-state index is 0. The molecule has 0 aromatic heterocycles. The summed E-state index contributed by atoms with van der Waals surface area (Å²) in [6.45, 7) is 30.1. The van der Waals surface area contributed by atoms with Gasteiger partial charge in [0.25, 0.3) is 0 Å². The average molecular weight is 727 g/mol. The quantitative estimate of drug-likeness (QED) is 0.0609. The van der Waals surface area contributed by atoms with E-state index in [-0.39, 0.29) is 89.6 Å². The van der Waals surface area contributed by atoms with Crippen molar-refractivity contribution in [3.05, 3.63) is 0 Å². The van der Waals surface area contributed by atoms with Crippen LogP contribution in [0.2, 0.25) is 0 Å². The number of hydrogen-bond donors (Lipinski definition) is 2. The molecule has 48 heavy (non-hydrogen) atoms. The van der Waals surface area contributed by atoms with E-state index in [0.29, 0.717) is 70.8 Å². The van der Waals surface area contributed by atoms with Crippen LogP contribution in [0.1, 0.15) is 103 Å². The van der Waals surface area contributed by atoms with Crippen molar-refractivity contribution in [3.8, 4) is 0 Å². The molecule has 1 saturated heterocycles. The molecule has 288 valence electrons. The van der Waals surface area contributed by atoms with E-state index in [1.807, 2.05) is 34.6 Å². The first-order valence-electron chi connectivity index (χ1n) is 17.5. The van der Waals surface area contributed by atoms with E-state index < -0.39 is 11.7 Å². The molecule has 2 N–H and O–H groups in total. The van der Waals surface area contributed by atoms with Crippen molar-refractivity contribution in [2.24, 2.45) is 11.8 Å². The molecule has 0 aromatic carbocycles. The normalized spacial score (nSPS) is 17.0. The van der Waals surface area contributed by atoms with Crippen molar-refractivity contribution in [3.63, 3.8) is 0 Å². The van der Waals surface area contributed by atoms with Crippen molar-refractivity contribution in [1.29, 1.82) is 0 Å². The van der Waals surface area contributed by atoms with Crippen LogP contribution < -0.4 is 56.5 Å². The molecular formula is C35H75KO12. The van der Waals surface area contributed by atoms with Gasteiger partial charge in [0.2, 0.25) is 0 Å². The Hall–Kier alpha value is 1.16. The maximum Gasteiger partial charge on any atom is 1.00 e. The zero-order valence-electron chi connectivity index (χ0n) is 33.3. The zero-order valence-corrected chi connectivity index (χ0v) is 36.4. The van der Waals surface area contributed by atoms with Gasteiger partial charge in [-0.15, -0.1) is 5.60 Å². The van der Waals surface area contributed by atoms with Crippen LogP contribution in [0.15, 0.2) is 0 Å². The maximum atomic E-state index is 10.1. The molecule has 0 aromatic rings. The summed E-state index contributed by atoms with van der Waals surface area (Å²) >= 11 is 0. The van der Waals surface area contributed by atoms with Gasteiger partial charge in [-0.3, -0.25) is 0 Å². The Labute approximate surface area is 336 Å². The Kier molecular flexibility index (Phi) is 44.1. The number of aliphatic hydroxyl groups is 2. The van der Waals surface area contributed by atoms with Crippen LogP contribution in [0.4, 0.5) is 0 Å². The predicted molar refractivity (Wildman–Crippen MR) is 183 cm³/mol. The predicted octanol–water partition coefficient (Wildman–Crippen LogP) is 1.55. The molecule has 0 radical (unpaired) electrons. The van der Waals surface area contributed by atoms with Gasteiger partial charge in [-0.05, 0) is 66.2 Å². The summed E-state index contributed by atoms with van der Waals surface area (Å²) in [5.41, 5.74) is -0.750. The number of hydrogen-bond acceptors (Lipinski definition) is 12. The summed E-state index contributed by atoms with van der Waals surface area (Å²) in [5, 5.41) is 28.4. The second kappa shape index (κ2) is 37.9. The maximum absolute atomic E-state index is 10.1. The summed E-state index contributed by atoms with van der Waals surface area (Å²) in [5.74, 6) is 1.24. The number of epoxide rings is 1. The number of ether oxygens (including phenoxy) is 9. The average Bonchev–Trinajstić information content (AvgIpc) is 3.79. The summed E-state index contributed by atoms with van der Waals surface area (Å²) < 4.78 is 48.4. The Morgan fingerprint density at radius 3 is 1.48 bits per heavy atom. The van der Waals surface area contributed by atoms with Crippen LogP contribution >= 0.6 is 0 Å². The first-order chi connectivity index (χ1) is 22.0. The second-order valence-corrected chi connectivity index (χ2v) is 12.9. The fourth-order valence-corrected chi connectivity index (χ4v) is 2.98. The van der Waals surface area contributed by atoms with Crippen molar-refractivity contribution in [2.45, 2.75) is 146 Å². The largest absolute Gasteiger partial charge is 1.00 e. The van der Waals surface area contributed by atoms with E-state index >= 15 is 0 Å². The Balaban J connectivity index is -0.000000355. The molecule has 1 heterocycles. The molecule has 12 nitrogen and oxygen atoms in total. The third kappa shape index (κ3) is 53.9. The minimum atomic E-state index is -0.750. The molecule has 0 bridgehead atoms. The fourth-order valence-electron chi connectivity index (χ4n) is 2.98. The van der Waals surface area contributed by atoms with Crippen LogP contribution in [0, 0.1) is 11.8 Å². The van der Waals surface area contributed by atoms with E-state index in [1.54, 1.807) is 27.7 Å². The number of rotatable bonds is 25. The van der Waals surface area contributed by atoms with Crippen LogP contribution in [-0.4, -0.2) is 126 Å². The van der Waals surface area contributed by atoms with Crippen LogP contribution in [-0.2, 0) is 42.6 Å². The summed E-state index contributed by atoms with van der Waals surface area (Å²) in [7, 11) is 0. The Morgan fingerprint density at radius 2 is 1.10 bits per heavy atom. The molecule has 1 aliphatic heterocycles. The Morgan fingerprint density at radius 1 is 0.688 bits per heavy atom. The van der Waals surface area contributed by atoms with Crippen molar-refractivity contribution >= 4 is 0 Å². The van der Waals surface area contributed by atoms with Crippen molar-refractivity contribution < 1.29 is 109 Å². The van der Waals surface area contributed by atoms with E-state index in [9.17, 15) is 10.2 Å². The molecule has 6 unspecified atom stereocenters. The molecule has 6 atom stereocenters. The third-order valence-electron chi connectivity index (χ3n) is 5.54. The zero-order chi connectivity index (χ0) is 36.7. The van der Waals surface area contributed by atoms with E-state index in [2.05, 4.69) is 27.7 Å². The number of aliphatic hydroxyl groups excluding tert-OH is 2. The van der Waals surface area contributed by atoms with Crippen molar-refractivity contribution in [1.82, 2.24) is 0 Å². The van der Waals surface area contributed by atoms with Crippen LogP contribution in [0.5, 0.6) is 0 Å². The van der Waals surface area contributed by atoms with Crippen molar-refractivity contribution in [2.75, 3.05) is 72.7 Å². The third-order valence-corrected chi connectivity index (χ3v) is 5.54. The molecule has 1 aliphatic rings. The molecule has 0 amide bonds. The van der Waals surface area contributed by atoms with Gasteiger partial charge in [0.15, 0.2) is 18.9 Å². The summed E-state index contributed by atoms with van der Waals surface area (Å²) in [6, 6.07) is 0. The SMILES string of the molecule is CC(C)(C)[O-].CC(C)CCO.CCOC(C)OCC(O)COC(COCCC(C)C)COC(C)OCC.CCOC(C)OCC1CO1.[K+]. The van der Waals surface area contributed by atoms with Gasteiger partial charge < -0.3 is 58.0 Å². The molecule has 0 spiro atoms. The second-order valence-electron chi connectivity index (χ2n) is 12.9. The van der Waals surface area contributed by atoms with Gasteiger partial charge in [0, 0.05) is 33.0 Å². The first kappa shape index (κ1) is 55.9. The van der Waals surface area contributed by atoms with Crippen LogP contribution in [0.25, 0.3) is 0 Å². The van der Waals surface area contributed by atoms with Gasteiger partial charge in [0.1, 0.15) is 18.3 Å². The first-order valence-corrected chi connectivity index (χ1v) is 17.5. The van der Waals surface area contributed by atoms with Gasteiger partial charge in [-0.2, -0.15) is 0 Å². The minimum Gasteiger partial charge on any atom is -0.850 e. The molecule has 1 fully saturated rings. The molecular weight excluding hydrogens is 651 g/mol. The Bertz CT molecular complexity index is 615. The molecule has 0 saturated carbocycles. The van der Waals surface area contributed by atoms with E-state index in [0.717, 1.165) is 19.4 Å². The summed E-state index contributed by atoms with van der Waals surface area (Å²) in [4.78, 5) is 0. The van der Waals surface area contributed by atoms with Gasteiger partial charge >= 0.3 is 51.4 Å². The standard InChI is InChI=1S/C19H40O7.C7H14O3.C5H12O.C4H9O.K/c1-7-22-16(5)24-11-18(20)12-26-19(13-21-10-9-15(3)4)14-25-17(6)23-8-2;1-3-8-6(2)9-4-7-5-10-7;1-5(2)3-4-6;1-4(2,3)5;/h15-20H,7-14H2,1-6H3;6-7H,3-5H2,1-2H3;5-6H,3-4H2,1-2H3;1-3H3;/q;;;-1;+1. The van der Waals surface area contributed by atoms with Crippen LogP contribution in [0.3, 0.4) is 0 Å². The molecule has 1 rings (SSSR count).